The maximum Gasteiger partial charge on any atom is 0.00505 e. The molecular weight excluding hydrogens is 182 g/mol. The second kappa shape index (κ2) is 3.64. The lowest BCUT2D eigenvalue weighted by molar-refractivity contribution is 0.349. The summed E-state index contributed by atoms with van der Waals surface area (Å²) in [5, 5.41) is 0. The second-order valence-corrected chi connectivity index (χ2v) is 5.10. The van der Waals surface area contributed by atoms with E-state index in [2.05, 4.69) is 33.8 Å². The van der Waals surface area contributed by atoms with Crippen molar-refractivity contribution in [2.45, 2.75) is 52.5 Å². The molecule has 0 aliphatic heterocycles. The fourth-order valence-electron chi connectivity index (χ4n) is 2.76. The van der Waals surface area contributed by atoms with Gasteiger partial charge in [-0.05, 0) is 74.3 Å². The van der Waals surface area contributed by atoms with E-state index in [1.807, 2.05) is 0 Å². The largest absolute Gasteiger partial charge is 0.328 e. The topological polar surface area (TPSA) is 26.0 Å². The Morgan fingerprint density at radius 2 is 1.47 bits per heavy atom. The van der Waals surface area contributed by atoms with Gasteiger partial charge in [0, 0.05) is 6.04 Å². The molecule has 0 amide bonds. The van der Waals surface area contributed by atoms with Gasteiger partial charge in [-0.1, -0.05) is 6.07 Å². The van der Waals surface area contributed by atoms with Crippen molar-refractivity contribution in [1.29, 1.82) is 0 Å². The van der Waals surface area contributed by atoms with Gasteiger partial charge in [0.15, 0.2) is 0 Å². The summed E-state index contributed by atoms with van der Waals surface area (Å²) in [4.78, 5) is 0. The summed E-state index contributed by atoms with van der Waals surface area (Å²) in [6.07, 6.45) is 2.34. The summed E-state index contributed by atoms with van der Waals surface area (Å²) in [7, 11) is 0. The predicted octanol–water partition coefficient (Wildman–Crippen LogP) is 3.12. The van der Waals surface area contributed by atoms with Crippen molar-refractivity contribution in [1.82, 2.24) is 0 Å². The third-order valence-corrected chi connectivity index (χ3v) is 4.01. The van der Waals surface area contributed by atoms with Crippen LogP contribution in [0.5, 0.6) is 0 Å². The van der Waals surface area contributed by atoms with Gasteiger partial charge in [-0.3, -0.25) is 0 Å². The van der Waals surface area contributed by atoms with Crippen LogP contribution in [0.1, 0.15) is 46.6 Å². The van der Waals surface area contributed by atoms with Gasteiger partial charge in [0.05, 0.1) is 0 Å². The van der Waals surface area contributed by atoms with Crippen LogP contribution in [0.15, 0.2) is 6.07 Å². The third-order valence-electron chi connectivity index (χ3n) is 4.01. The molecule has 1 aromatic carbocycles. The third kappa shape index (κ3) is 1.69. The Labute approximate surface area is 92.7 Å². The molecule has 0 heterocycles. The SMILES string of the molecule is Cc1cc(C)c(C)c(C2CC(N)C2)c1C. The first-order valence-electron chi connectivity index (χ1n) is 5.83. The summed E-state index contributed by atoms with van der Waals surface area (Å²) in [6.45, 7) is 8.93. The fourth-order valence-corrected chi connectivity index (χ4v) is 2.76. The molecule has 1 nitrogen and oxygen atoms in total. The van der Waals surface area contributed by atoms with E-state index in [0.717, 1.165) is 5.92 Å². The molecule has 2 N–H and O–H groups in total. The van der Waals surface area contributed by atoms with Gasteiger partial charge in [-0.2, -0.15) is 0 Å². The van der Waals surface area contributed by atoms with Crippen LogP contribution in [0.4, 0.5) is 0 Å². The van der Waals surface area contributed by atoms with Crippen LogP contribution in [-0.2, 0) is 0 Å². The molecule has 0 aromatic heterocycles. The highest BCUT2D eigenvalue weighted by Crippen LogP contribution is 2.40. The van der Waals surface area contributed by atoms with Crippen molar-refractivity contribution in [2.24, 2.45) is 5.73 Å². The summed E-state index contributed by atoms with van der Waals surface area (Å²) in [6, 6.07) is 2.74. The summed E-state index contributed by atoms with van der Waals surface area (Å²) >= 11 is 0. The van der Waals surface area contributed by atoms with E-state index in [9.17, 15) is 0 Å². The minimum atomic E-state index is 0.439. The van der Waals surface area contributed by atoms with Gasteiger partial charge < -0.3 is 5.73 Å². The van der Waals surface area contributed by atoms with E-state index in [0.29, 0.717) is 6.04 Å². The van der Waals surface area contributed by atoms with E-state index in [-0.39, 0.29) is 0 Å². The van der Waals surface area contributed by atoms with Crippen molar-refractivity contribution < 1.29 is 0 Å². The molecule has 1 saturated carbocycles. The van der Waals surface area contributed by atoms with E-state index in [4.69, 9.17) is 5.73 Å². The molecule has 15 heavy (non-hydrogen) atoms. The van der Waals surface area contributed by atoms with Crippen molar-refractivity contribution in [3.05, 3.63) is 33.9 Å². The van der Waals surface area contributed by atoms with Crippen LogP contribution in [0.3, 0.4) is 0 Å². The molecule has 0 unspecified atom stereocenters. The van der Waals surface area contributed by atoms with Crippen LogP contribution < -0.4 is 5.73 Å². The van der Waals surface area contributed by atoms with Crippen LogP contribution in [0.25, 0.3) is 0 Å². The molecule has 0 radical (unpaired) electrons. The van der Waals surface area contributed by atoms with Gasteiger partial charge >= 0.3 is 0 Å². The fraction of sp³-hybridized carbons (Fsp3) is 0.571. The molecule has 1 fully saturated rings. The summed E-state index contributed by atoms with van der Waals surface area (Å²) < 4.78 is 0. The predicted molar refractivity (Wildman–Crippen MR) is 65.3 cm³/mol. The van der Waals surface area contributed by atoms with E-state index in [1.165, 1.54) is 35.1 Å². The van der Waals surface area contributed by atoms with Crippen LogP contribution in [-0.4, -0.2) is 6.04 Å². The molecule has 1 aliphatic carbocycles. The minimum Gasteiger partial charge on any atom is -0.328 e. The Morgan fingerprint density at radius 1 is 1.00 bits per heavy atom. The maximum atomic E-state index is 5.88. The minimum absolute atomic E-state index is 0.439. The Hall–Kier alpha value is -0.820. The number of hydrogen-bond acceptors (Lipinski definition) is 1. The zero-order valence-electron chi connectivity index (χ0n) is 10.2. The normalized spacial score (nSPS) is 25.1. The molecular formula is C14H21N. The molecule has 1 heteroatoms. The second-order valence-electron chi connectivity index (χ2n) is 5.10. The molecule has 2 rings (SSSR count). The van der Waals surface area contributed by atoms with Crippen molar-refractivity contribution >= 4 is 0 Å². The van der Waals surface area contributed by atoms with Crippen LogP contribution >= 0.6 is 0 Å². The maximum absolute atomic E-state index is 5.88. The van der Waals surface area contributed by atoms with Crippen molar-refractivity contribution in [3.8, 4) is 0 Å². The van der Waals surface area contributed by atoms with Crippen molar-refractivity contribution in [3.63, 3.8) is 0 Å². The van der Waals surface area contributed by atoms with Gasteiger partial charge in [0.25, 0.3) is 0 Å². The van der Waals surface area contributed by atoms with Gasteiger partial charge in [-0.15, -0.1) is 0 Å². The molecule has 0 bridgehead atoms. The van der Waals surface area contributed by atoms with Crippen LogP contribution in [0.2, 0.25) is 0 Å². The average Bonchev–Trinajstić information content (AvgIpc) is 2.12. The molecule has 1 aromatic rings. The highest BCUT2D eigenvalue weighted by Gasteiger charge is 2.30. The molecule has 0 atom stereocenters. The van der Waals surface area contributed by atoms with E-state index < -0.39 is 0 Å². The first kappa shape index (κ1) is 10.7. The monoisotopic (exact) mass is 203 g/mol. The molecule has 0 saturated heterocycles. The summed E-state index contributed by atoms with van der Waals surface area (Å²) in [5.74, 6) is 0.721. The highest BCUT2D eigenvalue weighted by atomic mass is 14.7. The molecule has 82 valence electrons. The summed E-state index contributed by atoms with van der Waals surface area (Å²) in [5.41, 5.74) is 13.3. The Balaban J connectivity index is 2.45. The zero-order chi connectivity index (χ0) is 11.2. The Morgan fingerprint density at radius 3 is 1.87 bits per heavy atom. The van der Waals surface area contributed by atoms with E-state index in [1.54, 1.807) is 5.56 Å². The highest BCUT2D eigenvalue weighted by molar-refractivity contribution is 5.46. The first-order valence-corrected chi connectivity index (χ1v) is 5.83. The number of hydrogen-bond donors (Lipinski definition) is 1. The number of rotatable bonds is 1. The molecule has 1 aliphatic rings. The average molecular weight is 203 g/mol. The zero-order valence-corrected chi connectivity index (χ0v) is 10.2. The first-order chi connectivity index (χ1) is 7.00. The molecule has 0 spiro atoms. The number of nitrogens with two attached hydrogens (primary N) is 1. The smallest absolute Gasteiger partial charge is 0.00505 e. The number of benzene rings is 1. The number of aryl methyl sites for hydroxylation is 2. The van der Waals surface area contributed by atoms with Gasteiger partial charge in [0.2, 0.25) is 0 Å². The quantitative estimate of drug-likeness (QED) is 0.745. The van der Waals surface area contributed by atoms with Crippen molar-refractivity contribution in [2.75, 3.05) is 0 Å². The lowest BCUT2D eigenvalue weighted by Crippen LogP contribution is -2.35. The Bertz CT molecular complexity index is 361. The van der Waals surface area contributed by atoms with E-state index >= 15 is 0 Å². The standard InChI is InChI=1S/C14H21N/c1-8-5-9(2)11(4)14(10(8)3)12-6-13(15)7-12/h5,12-13H,6-7,15H2,1-4H3. The van der Waals surface area contributed by atoms with Crippen LogP contribution in [0, 0.1) is 27.7 Å². The Kier molecular flexibility index (Phi) is 2.59. The lowest BCUT2D eigenvalue weighted by atomic mass is 9.72. The van der Waals surface area contributed by atoms with Gasteiger partial charge in [-0.25, -0.2) is 0 Å². The van der Waals surface area contributed by atoms with Gasteiger partial charge in [0.1, 0.15) is 0 Å². The lowest BCUT2D eigenvalue weighted by Gasteiger charge is -2.35.